The van der Waals surface area contributed by atoms with Crippen LogP contribution in [0.4, 0.5) is 0 Å². The number of imide groups is 1. The van der Waals surface area contributed by atoms with Crippen molar-refractivity contribution in [3.8, 4) is 22.4 Å². The number of allylic oxidation sites excluding steroid dienone is 2. The smallest absolute Gasteiger partial charge is 0.262 e. The molecule has 0 radical (unpaired) electrons. The number of hydrogen-bond donors (Lipinski definition) is 1. The van der Waals surface area contributed by atoms with Gasteiger partial charge in [-0.05, 0) is 50.0 Å². The molecule has 8 heteroatoms. The van der Waals surface area contributed by atoms with Crippen LogP contribution in [0.15, 0.2) is 103 Å². The summed E-state index contributed by atoms with van der Waals surface area (Å²) in [5.41, 5.74) is 6.46. The summed E-state index contributed by atoms with van der Waals surface area (Å²) < 4.78 is 1.83. The molecule has 4 heterocycles. The topological polar surface area (TPSA) is 101 Å². The van der Waals surface area contributed by atoms with Gasteiger partial charge in [0, 0.05) is 46.6 Å². The third-order valence-corrected chi connectivity index (χ3v) is 9.49. The minimum atomic E-state index is -1.01. The van der Waals surface area contributed by atoms with Crippen LogP contribution < -0.4 is 0 Å². The van der Waals surface area contributed by atoms with Crippen LogP contribution in [0.3, 0.4) is 0 Å². The summed E-state index contributed by atoms with van der Waals surface area (Å²) in [6, 6.07) is 22.2. The zero-order valence-corrected chi connectivity index (χ0v) is 27.3. The van der Waals surface area contributed by atoms with Crippen molar-refractivity contribution in [1.82, 2.24) is 24.5 Å². The van der Waals surface area contributed by atoms with E-state index in [1.54, 1.807) is 32.1 Å². The molecular formula is C39H37N5O3. The first-order valence-corrected chi connectivity index (χ1v) is 15.9. The van der Waals surface area contributed by atoms with Gasteiger partial charge in [-0.2, -0.15) is 9.61 Å². The maximum atomic E-state index is 13.7. The highest BCUT2D eigenvalue weighted by Gasteiger charge is 2.60. The molecule has 0 bridgehead atoms. The van der Waals surface area contributed by atoms with E-state index in [9.17, 15) is 14.7 Å². The molecule has 1 aliphatic carbocycles. The second kappa shape index (κ2) is 11.0. The summed E-state index contributed by atoms with van der Waals surface area (Å²) in [5.74, 6) is -0.459. The highest BCUT2D eigenvalue weighted by atomic mass is 16.3. The maximum absolute atomic E-state index is 13.7. The van der Waals surface area contributed by atoms with E-state index in [-0.39, 0.29) is 30.6 Å². The minimum absolute atomic E-state index is 0.240. The van der Waals surface area contributed by atoms with E-state index in [4.69, 9.17) is 15.1 Å². The maximum Gasteiger partial charge on any atom is 0.262 e. The molecule has 47 heavy (non-hydrogen) atoms. The van der Waals surface area contributed by atoms with E-state index < -0.39 is 11.1 Å². The SMILES string of the molecule is C=C/C=C\C1=C(C)C(=O)N(C2(c3ccc(-c4nc5c(cc4-c4ccccc4)c(C)nc4cc(C(C)C)nn45)cc3)CC(C)(O)C2)C1=O. The van der Waals surface area contributed by atoms with Crippen molar-refractivity contribution in [3.63, 3.8) is 0 Å². The third kappa shape index (κ3) is 4.82. The van der Waals surface area contributed by atoms with Crippen LogP contribution in [0.1, 0.15) is 63.4 Å². The van der Waals surface area contributed by atoms with Gasteiger partial charge in [0.2, 0.25) is 0 Å². The number of hydrogen-bond acceptors (Lipinski definition) is 6. The van der Waals surface area contributed by atoms with Crippen LogP contribution in [0.25, 0.3) is 39.1 Å². The molecule has 0 unspecified atom stereocenters. The lowest BCUT2D eigenvalue weighted by atomic mass is 9.61. The summed E-state index contributed by atoms with van der Waals surface area (Å²) in [6.45, 7) is 13.3. The third-order valence-electron chi connectivity index (χ3n) is 9.49. The molecule has 2 aliphatic rings. The van der Waals surface area contributed by atoms with Gasteiger partial charge < -0.3 is 5.11 Å². The molecule has 7 rings (SSSR count). The zero-order valence-electron chi connectivity index (χ0n) is 27.3. The number of nitrogens with zero attached hydrogens (tertiary/aromatic N) is 5. The number of aryl methyl sites for hydroxylation is 1. The predicted molar refractivity (Wildman–Crippen MR) is 183 cm³/mol. The van der Waals surface area contributed by atoms with Gasteiger partial charge in [-0.1, -0.05) is 87.2 Å². The Morgan fingerprint density at radius 1 is 0.936 bits per heavy atom. The molecule has 2 amide bonds. The molecule has 3 aromatic heterocycles. The Hall–Kier alpha value is -5.21. The Labute approximate surface area is 273 Å². The summed E-state index contributed by atoms with van der Waals surface area (Å²) >= 11 is 0. The van der Waals surface area contributed by atoms with Crippen LogP contribution >= 0.6 is 0 Å². The molecule has 0 spiro atoms. The van der Waals surface area contributed by atoms with Crippen LogP contribution in [-0.4, -0.2) is 47.0 Å². The molecule has 8 nitrogen and oxygen atoms in total. The highest BCUT2D eigenvalue weighted by molar-refractivity contribution is 6.21. The van der Waals surface area contributed by atoms with Gasteiger partial charge in [-0.25, -0.2) is 9.97 Å². The number of benzene rings is 2. The van der Waals surface area contributed by atoms with Crippen LogP contribution in [-0.2, 0) is 15.1 Å². The standard InChI is InChI=1S/C39H37N5O3/c1-7-8-14-29-24(4)36(45)43(37(29)46)39(21-38(6,47)22-39)28-17-15-27(16-18-28)34-31(26-12-10-9-11-13-26)19-30-25(5)40-33-20-32(23(2)3)42-44(33)35(30)41-34/h7-20,23,47H,1,21-22H2,2-6H3/b14-8-. The van der Waals surface area contributed by atoms with Crippen LogP contribution in [0, 0.1) is 6.92 Å². The van der Waals surface area contributed by atoms with Crippen molar-refractivity contribution in [2.45, 2.75) is 64.5 Å². The molecule has 5 aromatic rings. The van der Waals surface area contributed by atoms with Crippen molar-refractivity contribution in [3.05, 3.63) is 120 Å². The van der Waals surface area contributed by atoms with Gasteiger partial charge in [0.15, 0.2) is 11.3 Å². The molecule has 0 atom stereocenters. The lowest BCUT2D eigenvalue weighted by Crippen LogP contribution is -2.63. The summed E-state index contributed by atoms with van der Waals surface area (Å²) in [5, 5.41) is 16.7. The van der Waals surface area contributed by atoms with Crippen molar-refractivity contribution >= 4 is 28.5 Å². The number of fused-ring (bicyclic) bond motifs is 3. The first kappa shape index (κ1) is 30.4. The predicted octanol–water partition coefficient (Wildman–Crippen LogP) is 7.21. The first-order valence-electron chi connectivity index (χ1n) is 15.9. The van der Waals surface area contributed by atoms with E-state index in [2.05, 4.69) is 38.6 Å². The number of carbonyl (C=O) groups is 2. The molecule has 1 saturated carbocycles. The van der Waals surface area contributed by atoms with Crippen molar-refractivity contribution in [1.29, 1.82) is 0 Å². The second-order valence-corrected chi connectivity index (χ2v) is 13.4. The summed E-state index contributed by atoms with van der Waals surface area (Å²) in [4.78, 5) is 38.8. The fraction of sp³-hybridized carbons (Fsp3) is 0.256. The minimum Gasteiger partial charge on any atom is -0.390 e. The number of pyridine rings is 1. The van der Waals surface area contributed by atoms with Gasteiger partial charge in [0.05, 0.1) is 28.2 Å². The van der Waals surface area contributed by atoms with E-state index in [0.29, 0.717) is 11.1 Å². The van der Waals surface area contributed by atoms with E-state index in [1.807, 2.05) is 60.0 Å². The fourth-order valence-electron chi connectivity index (χ4n) is 7.17. The highest BCUT2D eigenvalue weighted by Crippen LogP contribution is 2.54. The van der Waals surface area contributed by atoms with Crippen molar-refractivity contribution in [2.24, 2.45) is 0 Å². The number of aromatic nitrogens is 4. The van der Waals surface area contributed by atoms with Crippen LogP contribution in [0.5, 0.6) is 0 Å². The largest absolute Gasteiger partial charge is 0.390 e. The molecule has 1 aliphatic heterocycles. The quantitative estimate of drug-likeness (QED) is 0.152. The second-order valence-electron chi connectivity index (χ2n) is 13.4. The number of carbonyl (C=O) groups excluding carboxylic acids is 2. The molecule has 0 saturated heterocycles. The Bertz CT molecular complexity index is 2160. The molecule has 1 N–H and O–H groups in total. The zero-order chi connectivity index (χ0) is 33.2. The average Bonchev–Trinajstić information content (AvgIpc) is 3.57. The van der Waals surface area contributed by atoms with Gasteiger partial charge >= 0.3 is 0 Å². The Morgan fingerprint density at radius 2 is 1.64 bits per heavy atom. The van der Waals surface area contributed by atoms with E-state index >= 15 is 0 Å². The van der Waals surface area contributed by atoms with Crippen LogP contribution in [0.2, 0.25) is 0 Å². The lowest BCUT2D eigenvalue weighted by Gasteiger charge is -2.55. The van der Waals surface area contributed by atoms with Crippen molar-refractivity contribution in [2.75, 3.05) is 0 Å². The molecule has 1 fully saturated rings. The molecular weight excluding hydrogens is 586 g/mol. The van der Waals surface area contributed by atoms with Gasteiger partial charge in [0.25, 0.3) is 11.8 Å². The Balaban J connectivity index is 1.37. The van der Waals surface area contributed by atoms with Gasteiger partial charge in [-0.15, -0.1) is 0 Å². The van der Waals surface area contributed by atoms with E-state index in [1.165, 1.54) is 4.90 Å². The van der Waals surface area contributed by atoms with Crippen molar-refractivity contribution < 1.29 is 14.7 Å². The van der Waals surface area contributed by atoms with Gasteiger partial charge in [0.1, 0.15) is 0 Å². The average molecular weight is 624 g/mol. The number of amides is 2. The summed E-state index contributed by atoms with van der Waals surface area (Å²) in [7, 11) is 0. The molecule has 2 aromatic carbocycles. The number of rotatable bonds is 7. The lowest BCUT2D eigenvalue weighted by molar-refractivity contribution is -0.170. The molecule has 236 valence electrons. The normalized spacial score (nSPS) is 21.6. The monoisotopic (exact) mass is 623 g/mol. The Morgan fingerprint density at radius 3 is 2.28 bits per heavy atom. The number of aliphatic hydroxyl groups is 1. The van der Waals surface area contributed by atoms with Gasteiger partial charge in [-0.3, -0.25) is 14.5 Å². The Kier molecular flexibility index (Phi) is 7.09. The summed E-state index contributed by atoms with van der Waals surface area (Å²) in [6.07, 6.45) is 5.35. The first-order chi connectivity index (χ1) is 22.4. The van der Waals surface area contributed by atoms with E-state index in [0.717, 1.165) is 56.0 Å². The fourth-order valence-corrected chi connectivity index (χ4v) is 7.17.